The third-order valence-electron chi connectivity index (χ3n) is 2.51. The van der Waals surface area contributed by atoms with Crippen LogP contribution in [0.2, 0.25) is 0 Å². The molecule has 0 amide bonds. The maximum absolute atomic E-state index is 5.70. The fraction of sp³-hybridized carbons (Fsp3) is 0.250. The summed E-state index contributed by atoms with van der Waals surface area (Å²) in [6.07, 6.45) is 3.37. The normalized spacial score (nSPS) is 10.4. The van der Waals surface area contributed by atoms with Crippen LogP contribution in [0.4, 0.5) is 5.69 Å². The first-order valence-corrected chi connectivity index (χ1v) is 5.10. The van der Waals surface area contributed by atoms with Crippen LogP contribution >= 0.6 is 0 Å². The zero-order chi connectivity index (χ0) is 11.7. The van der Waals surface area contributed by atoms with Crippen molar-refractivity contribution in [3.05, 3.63) is 35.5 Å². The summed E-state index contributed by atoms with van der Waals surface area (Å²) in [5.41, 5.74) is 10.9. The minimum absolute atomic E-state index is 0.636. The van der Waals surface area contributed by atoms with Crippen molar-refractivity contribution < 1.29 is 0 Å². The molecule has 0 unspecified atom stereocenters. The van der Waals surface area contributed by atoms with Gasteiger partial charge in [0, 0.05) is 18.0 Å². The fourth-order valence-electron chi connectivity index (χ4n) is 1.58. The smallest absolute Gasteiger partial charge is 0.0934 e. The lowest BCUT2D eigenvalue weighted by molar-refractivity contribution is 1.01. The Hall–Kier alpha value is -1.97. The summed E-state index contributed by atoms with van der Waals surface area (Å²) in [5.74, 6) is 0. The topological polar surface area (TPSA) is 64.7 Å². The van der Waals surface area contributed by atoms with Gasteiger partial charge in [-0.05, 0) is 26.8 Å². The van der Waals surface area contributed by atoms with Gasteiger partial charge in [0.15, 0.2) is 0 Å². The molecule has 0 bridgehead atoms. The van der Waals surface area contributed by atoms with Crippen molar-refractivity contribution in [2.45, 2.75) is 20.8 Å². The Kier molecular flexibility index (Phi) is 2.56. The van der Waals surface area contributed by atoms with Crippen molar-refractivity contribution in [1.29, 1.82) is 0 Å². The quantitative estimate of drug-likeness (QED) is 0.789. The van der Waals surface area contributed by atoms with E-state index in [0.717, 1.165) is 28.3 Å². The van der Waals surface area contributed by atoms with Gasteiger partial charge in [-0.3, -0.25) is 9.97 Å². The molecule has 2 rings (SSSR count). The largest absolute Gasteiger partial charge is 0.397 e. The molecule has 82 valence electrons. The molecular weight excluding hydrogens is 200 g/mol. The van der Waals surface area contributed by atoms with Crippen molar-refractivity contribution in [3.8, 4) is 11.3 Å². The van der Waals surface area contributed by atoms with Crippen LogP contribution in [0.25, 0.3) is 11.3 Å². The molecule has 2 heterocycles. The highest BCUT2D eigenvalue weighted by atomic mass is 14.8. The first-order chi connectivity index (χ1) is 7.58. The van der Waals surface area contributed by atoms with E-state index >= 15 is 0 Å². The monoisotopic (exact) mass is 214 g/mol. The second-order valence-corrected chi connectivity index (χ2v) is 3.84. The lowest BCUT2D eigenvalue weighted by atomic mass is 10.1. The highest BCUT2D eigenvalue weighted by molar-refractivity contribution is 5.64. The van der Waals surface area contributed by atoms with E-state index < -0.39 is 0 Å². The van der Waals surface area contributed by atoms with Crippen molar-refractivity contribution in [2.75, 3.05) is 5.73 Å². The molecule has 0 saturated carbocycles. The summed E-state index contributed by atoms with van der Waals surface area (Å²) in [5, 5.41) is 0. The van der Waals surface area contributed by atoms with E-state index in [1.807, 2.05) is 26.8 Å². The number of nitrogens with two attached hydrogens (primary N) is 1. The minimum Gasteiger partial charge on any atom is -0.397 e. The summed E-state index contributed by atoms with van der Waals surface area (Å²) in [4.78, 5) is 13.0. The Balaban J connectivity index is 2.60. The van der Waals surface area contributed by atoms with Gasteiger partial charge in [0.1, 0.15) is 0 Å². The van der Waals surface area contributed by atoms with Gasteiger partial charge in [-0.1, -0.05) is 0 Å². The number of hydrogen-bond donors (Lipinski definition) is 1. The van der Waals surface area contributed by atoms with Crippen LogP contribution < -0.4 is 5.73 Å². The average molecular weight is 214 g/mol. The predicted octanol–water partition coefficient (Wildman–Crippen LogP) is 2.05. The molecule has 0 saturated heterocycles. The van der Waals surface area contributed by atoms with Crippen molar-refractivity contribution in [2.24, 2.45) is 0 Å². The molecular formula is C12H14N4. The number of pyridine rings is 1. The van der Waals surface area contributed by atoms with Gasteiger partial charge in [0.2, 0.25) is 0 Å². The third kappa shape index (κ3) is 1.86. The number of rotatable bonds is 1. The summed E-state index contributed by atoms with van der Waals surface area (Å²) >= 11 is 0. The SMILES string of the molecule is Cc1nc(C)c(-c2cncc(N)c2)nc1C. The zero-order valence-corrected chi connectivity index (χ0v) is 9.65. The first-order valence-electron chi connectivity index (χ1n) is 5.10. The van der Waals surface area contributed by atoms with Crippen LogP contribution in [0.15, 0.2) is 18.5 Å². The molecule has 0 radical (unpaired) electrons. The van der Waals surface area contributed by atoms with Crippen LogP contribution in [0, 0.1) is 20.8 Å². The van der Waals surface area contributed by atoms with Crippen LogP contribution in [0.3, 0.4) is 0 Å². The maximum atomic E-state index is 5.70. The predicted molar refractivity (Wildman–Crippen MR) is 63.9 cm³/mol. The maximum Gasteiger partial charge on any atom is 0.0934 e. The molecule has 2 aromatic heterocycles. The molecule has 0 aliphatic carbocycles. The van der Waals surface area contributed by atoms with Gasteiger partial charge in [0.25, 0.3) is 0 Å². The Labute approximate surface area is 94.6 Å². The van der Waals surface area contributed by atoms with Gasteiger partial charge in [-0.25, -0.2) is 4.98 Å². The summed E-state index contributed by atoms with van der Waals surface area (Å²) < 4.78 is 0. The van der Waals surface area contributed by atoms with E-state index in [9.17, 15) is 0 Å². The molecule has 0 atom stereocenters. The number of anilines is 1. The standard InChI is InChI=1S/C12H14N4/c1-7-8(2)16-12(9(3)15-7)10-4-11(13)6-14-5-10/h4-6H,13H2,1-3H3. The van der Waals surface area contributed by atoms with E-state index in [4.69, 9.17) is 5.73 Å². The van der Waals surface area contributed by atoms with Gasteiger partial charge >= 0.3 is 0 Å². The van der Waals surface area contributed by atoms with Crippen LogP contribution in [0.1, 0.15) is 17.1 Å². The highest BCUT2D eigenvalue weighted by Gasteiger charge is 2.08. The van der Waals surface area contributed by atoms with Gasteiger partial charge in [-0.15, -0.1) is 0 Å². The second kappa shape index (κ2) is 3.89. The molecule has 0 fully saturated rings. The Morgan fingerprint density at radius 2 is 1.62 bits per heavy atom. The third-order valence-corrected chi connectivity index (χ3v) is 2.51. The molecule has 0 aliphatic rings. The van der Waals surface area contributed by atoms with Crippen molar-refractivity contribution in [1.82, 2.24) is 15.0 Å². The van der Waals surface area contributed by atoms with Crippen LogP contribution in [-0.4, -0.2) is 15.0 Å². The molecule has 4 nitrogen and oxygen atoms in total. The van der Waals surface area contributed by atoms with Gasteiger partial charge in [-0.2, -0.15) is 0 Å². The first kappa shape index (κ1) is 10.5. The Morgan fingerprint density at radius 1 is 0.938 bits per heavy atom. The van der Waals surface area contributed by atoms with E-state index in [0.29, 0.717) is 5.69 Å². The molecule has 2 aromatic rings. The van der Waals surface area contributed by atoms with E-state index in [-0.39, 0.29) is 0 Å². The second-order valence-electron chi connectivity index (χ2n) is 3.84. The highest BCUT2D eigenvalue weighted by Crippen LogP contribution is 2.21. The Morgan fingerprint density at radius 3 is 2.31 bits per heavy atom. The summed E-state index contributed by atoms with van der Waals surface area (Å²) in [6, 6.07) is 1.86. The van der Waals surface area contributed by atoms with E-state index in [1.54, 1.807) is 12.4 Å². The molecule has 4 heteroatoms. The number of hydrogen-bond acceptors (Lipinski definition) is 4. The van der Waals surface area contributed by atoms with Crippen LogP contribution in [0.5, 0.6) is 0 Å². The summed E-state index contributed by atoms with van der Waals surface area (Å²) in [7, 11) is 0. The minimum atomic E-state index is 0.636. The van der Waals surface area contributed by atoms with E-state index in [1.165, 1.54) is 0 Å². The fourth-order valence-corrected chi connectivity index (χ4v) is 1.58. The van der Waals surface area contributed by atoms with Crippen LogP contribution in [-0.2, 0) is 0 Å². The van der Waals surface area contributed by atoms with E-state index in [2.05, 4.69) is 15.0 Å². The Bertz CT molecular complexity index is 535. The lowest BCUT2D eigenvalue weighted by Crippen LogP contribution is -1.99. The number of aryl methyl sites for hydroxylation is 3. The number of aromatic nitrogens is 3. The van der Waals surface area contributed by atoms with Crippen molar-refractivity contribution >= 4 is 5.69 Å². The summed E-state index contributed by atoms with van der Waals surface area (Å²) in [6.45, 7) is 5.85. The number of nitrogens with zero attached hydrogens (tertiary/aromatic N) is 3. The zero-order valence-electron chi connectivity index (χ0n) is 9.65. The molecule has 16 heavy (non-hydrogen) atoms. The van der Waals surface area contributed by atoms with Gasteiger partial charge < -0.3 is 5.73 Å². The molecule has 0 spiro atoms. The molecule has 2 N–H and O–H groups in total. The number of nitrogen functional groups attached to an aromatic ring is 1. The lowest BCUT2D eigenvalue weighted by Gasteiger charge is -2.07. The van der Waals surface area contributed by atoms with Crippen molar-refractivity contribution in [3.63, 3.8) is 0 Å². The average Bonchev–Trinajstić information content (AvgIpc) is 2.23. The molecule has 0 aliphatic heterocycles. The van der Waals surface area contributed by atoms with Gasteiger partial charge in [0.05, 0.1) is 28.5 Å². The molecule has 0 aromatic carbocycles.